The Morgan fingerprint density at radius 1 is 1.33 bits per heavy atom. The predicted octanol–water partition coefficient (Wildman–Crippen LogP) is 3.04. The van der Waals surface area contributed by atoms with Gasteiger partial charge in [-0.1, -0.05) is 12.1 Å². The van der Waals surface area contributed by atoms with E-state index in [1.54, 1.807) is 6.07 Å². The number of nitrogens with two attached hydrogens (primary N) is 1. The number of hydrogen-bond donors (Lipinski definition) is 2. The maximum Gasteiger partial charge on any atom is 0.417 e. The van der Waals surface area contributed by atoms with Gasteiger partial charge in [0, 0.05) is 24.3 Å². The third-order valence-electron chi connectivity index (χ3n) is 3.84. The molecule has 1 aliphatic rings. The highest BCUT2D eigenvalue weighted by Gasteiger charge is 2.35. The molecule has 0 saturated carbocycles. The van der Waals surface area contributed by atoms with Gasteiger partial charge in [-0.2, -0.15) is 13.2 Å². The van der Waals surface area contributed by atoms with Crippen LogP contribution >= 0.6 is 0 Å². The van der Waals surface area contributed by atoms with Gasteiger partial charge < -0.3 is 15.8 Å². The SMILES string of the molecule is CC1CCN(c2ccc(/C(N)=N/O)c(C(F)(F)F)c2)CC1. The molecule has 4 nitrogen and oxygen atoms in total. The number of halogens is 3. The molecule has 1 aromatic rings. The van der Waals surface area contributed by atoms with E-state index in [0.717, 1.165) is 32.0 Å². The molecule has 0 atom stereocenters. The molecule has 0 radical (unpaired) electrons. The van der Waals surface area contributed by atoms with Crippen molar-refractivity contribution in [1.82, 2.24) is 0 Å². The molecule has 0 spiro atoms. The number of hydrogen-bond acceptors (Lipinski definition) is 3. The minimum Gasteiger partial charge on any atom is -0.409 e. The largest absolute Gasteiger partial charge is 0.417 e. The summed E-state index contributed by atoms with van der Waals surface area (Å²) in [7, 11) is 0. The van der Waals surface area contributed by atoms with Gasteiger partial charge in [0.1, 0.15) is 0 Å². The zero-order chi connectivity index (χ0) is 15.6. The summed E-state index contributed by atoms with van der Waals surface area (Å²) in [5.41, 5.74) is 4.66. The van der Waals surface area contributed by atoms with E-state index in [0.29, 0.717) is 11.6 Å². The fraction of sp³-hybridized carbons (Fsp3) is 0.500. The third-order valence-corrected chi connectivity index (χ3v) is 3.84. The minimum absolute atomic E-state index is 0.306. The first kappa shape index (κ1) is 15.5. The van der Waals surface area contributed by atoms with E-state index in [-0.39, 0.29) is 5.56 Å². The highest BCUT2D eigenvalue weighted by molar-refractivity contribution is 5.99. The zero-order valence-corrected chi connectivity index (χ0v) is 11.7. The van der Waals surface area contributed by atoms with Crippen molar-refractivity contribution >= 4 is 11.5 Å². The van der Waals surface area contributed by atoms with Crippen molar-refractivity contribution in [3.8, 4) is 0 Å². The summed E-state index contributed by atoms with van der Waals surface area (Å²) in [6.07, 6.45) is -2.63. The third kappa shape index (κ3) is 3.40. The topological polar surface area (TPSA) is 61.8 Å². The lowest BCUT2D eigenvalue weighted by atomic mass is 9.98. The monoisotopic (exact) mass is 301 g/mol. The Balaban J connectivity index is 2.38. The van der Waals surface area contributed by atoms with Crippen LogP contribution in [0.4, 0.5) is 18.9 Å². The van der Waals surface area contributed by atoms with E-state index in [2.05, 4.69) is 12.1 Å². The molecular formula is C14H18F3N3O. The second kappa shape index (κ2) is 5.83. The molecule has 0 unspecified atom stereocenters. The lowest BCUT2D eigenvalue weighted by Gasteiger charge is -2.32. The van der Waals surface area contributed by atoms with Gasteiger partial charge in [0.15, 0.2) is 5.84 Å². The summed E-state index contributed by atoms with van der Waals surface area (Å²) >= 11 is 0. The first-order valence-corrected chi connectivity index (χ1v) is 6.77. The van der Waals surface area contributed by atoms with E-state index in [1.807, 2.05) is 4.90 Å². The number of anilines is 1. The van der Waals surface area contributed by atoms with Crippen LogP contribution < -0.4 is 10.6 Å². The van der Waals surface area contributed by atoms with Crippen molar-refractivity contribution in [2.24, 2.45) is 16.8 Å². The Labute approximate surface area is 121 Å². The van der Waals surface area contributed by atoms with Crippen molar-refractivity contribution in [2.75, 3.05) is 18.0 Å². The first-order valence-electron chi connectivity index (χ1n) is 6.77. The van der Waals surface area contributed by atoms with Crippen LogP contribution in [0.1, 0.15) is 30.9 Å². The second-order valence-corrected chi connectivity index (χ2v) is 5.38. The maximum absolute atomic E-state index is 13.1. The van der Waals surface area contributed by atoms with Crippen LogP contribution in [0.2, 0.25) is 0 Å². The lowest BCUT2D eigenvalue weighted by molar-refractivity contribution is -0.137. The number of oxime groups is 1. The molecule has 1 saturated heterocycles. The van der Waals surface area contributed by atoms with Crippen molar-refractivity contribution in [2.45, 2.75) is 25.9 Å². The normalized spacial score (nSPS) is 18.1. The van der Waals surface area contributed by atoms with Gasteiger partial charge in [-0.05, 0) is 37.0 Å². The number of rotatable bonds is 2. The molecule has 1 fully saturated rings. The molecule has 2 rings (SSSR count). The Kier molecular flexibility index (Phi) is 4.29. The second-order valence-electron chi connectivity index (χ2n) is 5.38. The fourth-order valence-corrected chi connectivity index (χ4v) is 2.51. The molecule has 0 amide bonds. The van der Waals surface area contributed by atoms with Gasteiger partial charge >= 0.3 is 6.18 Å². The molecule has 3 N–H and O–H groups in total. The van der Waals surface area contributed by atoms with Crippen LogP contribution in [0.5, 0.6) is 0 Å². The molecule has 1 aromatic carbocycles. The summed E-state index contributed by atoms with van der Waals surface area (Å²) < 4.78 is 39.4. The van der Waals surface area contributed by atoms with Crippen LogP contribution in [-0.4, -0.2) is 24.1 Å². The van der Waals surface area contributed by atoms with Crippen molar-refractivity contribution in [3.05, 3.63) is 29.3 Å². The number of alkyl halides is 3. The molecular weight excluding hydrogens is 283 g/mol. The molecule has 0 aliphatic carbocycles. The summed E-state index contributed by atoms with van der Waals surface area (Å²) in [5.74, 6) is 0.0564. The Morgan fingerprint density at radius 2 is 1.95 bits per heavy atom. The van der Waals surface area contributed by atoms with Crippen molar-refractivity contribution in [1.29, 1.82) is 0 Å². The lowest BCUT2D eigenvalue weighted by Crippen LogP contribution is -2.33. The number of piperidine rings is 1. The quantitative estimate of drug-likeness (QED) is 0.382. The Bertz CT molecular complexity index is 535. The van der Waals surface area contributed by atoms with Gasteiger partial charge in [-0.15, -0.1) is 0 Å². The molecule has 116 valence electrons. The molecule has 1 heterocycles. The van der Waals surface area contributed by atoms with Gasteiger partial charge in [0.25, 0.3) is 0 Å². The molecule has 7 heteroatoms. The fourth-order valence-electron chi connectivity index (χ4n) is 2.51. The number of nitrogens with zero attached hydrogens (tertiary/aromatic N) is 2. The zero-order valence-electron chi connectivity index (χ0n) is 11.7. The Morgan fingerprint density at radius 3 is 2.48 bits per heavy atom. The minimum atomic E-state index is -4.55. The Hall–Kier alpha value is -1.92. The van der Waals surface area contributed by atoms with Gasteiger partial charge in [-0.25, -0.2) is 0 Å². The number of benzene rings is 1. The van der Waals surface area contributed by atoms with Crippen molar-refractivity contribution in [3.63, 3.8) is 0 Å². The summed E-state index contributed by atoms with van der Waals surface area (Å²) in [5, 5.41) is 11.3. The maximum atomic E-state index is 13.1. The summed E-state index contributed by atoms with van der Waals surface area (Å²) in [6, 6.07) is 3.91. The van der Waals surface area contributed by atoms with Gasteiger partial charge in [0.2, 0.25) is 0 Å². The van der Waals surface area contributed by atoms with Crippen LogP contribution in [0.3, 0.4) is 0 Å². The molecule has 0 aromatic heterocycles. The van der Waals surface area contributed by atoms with Crippen LogP contribution in [0, 0.1) is 5.92 Å². The van der Waals surface area contributed by atoms with Crippen LogP contribution in [0.25, 0.3) is 0 Å². The van der Waals surface area contributed by atoms with E-state index in [4.69, 9.17) is 10.9 Å². The highest BCUT2D eigenvalue weighted by atomic mass is 19.4. The van der Waals surface area contributed by atoms with E-state index in [9.17, 15) is 13.2 Å². The average molecular weight is 301 g/mol. The average Bonchev–Trinajstić information content (AvgIpc) is 2.46. The smallest absolute Gasteiger partial charge is 0.409 e. The molecule has 21 heavy (non-hydrogen) atoms. The van der Waals surface area contributed by atoms with Crippen molar-refractivity contribution < 1.29 is 18.4 Å². The van der Waals surface area contributed by atoms with Gasteiger partial charge in [-0.3, -0.25) is 0 Å². The first-order chi connectivity index (χ1) is 9.82. The van der Waals surface area contributed by atoms with E-state index >= 15 is 0 Å². The number of amidine groups is 1. The van der Waals surface area contributed by atoms with E-state index in [1.165, 1.54) is 6.07 Å². The standard InChI is InChI=1S/C14H18F3N3O/c1-9-4-6-20(7-5-9)10-2-3-11(13(18)19-21)12(8-10)14(15,16)17/h2-3,8-9,21H,4-7H2,1H3,(H2,18,19). The molecule has 0 bridgehead atoms. The highest BCUT2D eigenvalue weighted by Crippen LogP contribution is 2.35. The molecule has 1 aliphatic heterocycles. The summed E-state index contributed by atoms with van der Waals surface area (Å²) in [4.78, 5) is 1.94. The van der Waals surface area contributed by atoms with E-state index < -0.39 is 17.6 Å². The van der Waals surface area contributed by atoms with Gasteiger partial charge in [0.05, 0.1) is 5.56 Å². The summed E-state index contributed by atoms with van der Waals surface area (Å²) in [6.45, 7) is 3.61. The predicted molar refractivity (Wildman–Crippen MR) is 74.6 cm³/mol. The van der Waals surface area contributed by atoms with Crippen LogP contribution in [0.15, 0.2) is 23.4 Å². The van der Waals surface area contributed by atoms with Crippen LogP contribution in [-0.2, 0) is 6.18 Å².